The third kappa shape index (κ3) is 6.04. The van der Waals surface area contributed by atoms with Gasteiger partial charge in [0.2, 0.25) is 5.91 Å². The van der Waals surface area contributed by atoms with E-state index < -0.39 is 23.6 Å². The van der Waals surface area contributed by atoms with Crippen LogP contribution in [0.1, 0.15) is 33.8 Å². The van der Waals surface area contributed by atoms with Crippen LogP contribution in [0, 0.1) is 5.92 Å². The van der Waals surface area contributed by atoms with Crippen molar-refractivity contribution in [1.82, 2.24) is 10.2 Å². The number of hydrogen-bond acceptors (Lipinski definition) is 4. The average molecular weight is 464 g/mol. The number of benzene rings is 2. The number of nitrogens with zero attached hydrogens (tertiary/aromatic N) is 1. The molecule has 1 N–H and O–H groups in total. The molecule has 6 nitrogen and oxygen atoms in total. The second kappa shape index (κ2) is 10.7. The summed E-state index contributed by atoms with van der Waals surface area (Å²) in [6.07, 6.45) is -3.89. The molecule has 0 spiro atoms. The van der Waals surface area contributed by atoms with Crippen LogP contribution in [-0.4, -0.2) is 57.2 Å². The Bertz CT molecular complexity index is 963. The minimum absolute atomic E-state index is 0.113. The highest BCUT2D eigenvalue weighted by molar-refractivity contribution is 5.95. The summed E-state index contributed by atoms with van der Waals surface area (Å²) < 4.78 is 49.9. The number of rotatable bonds is 8. The van der Waals surface area contributed by atoms with Crippen LogP contribution in [0.25, 0.3) is 0 Å². The van der Waals surface area contributed by atoms with Crippen molar-refractivity contribution in [3.05, 3.63) is 65.2 Å². The molecule has 0 radical (unpaired) electrons. The minimum Gasteiger partial charge on any atom is -0.497 e. The van der Waals surface area contributed by atoms with Crippen LogP contribution in [0.4, 0.5) is 13.2 Å². The maximum absolute atomic E-state index is 13.3. The number of methoxy groups -OCH3 is 2. The van der Waals surface area contributed by atoms with Gasteiger partial charge < -0.3 is 19.7 Å². The number of halogens is 3. The van der Waals surface area contributed by atoms with Crippen LogP contribution in [0.5, 0.6) is 5.75 Å². The predicted octanol–water partition coefficient (Wildman–Crippen LogP) is 3.72. The van der Waals surface area contributed by atoms with Crippen LogP contribution >= 0.6 is 0 Å². The number of ether oxygens (including phenoxy) is 2. The molecule has 1 heterocycles. The molecule has 178 valence electrons. The topological polar surface area (TPSA) is 67.9 Å². The maximum Gasteiger partial charge on any atom is 0.416 e. The van der Waals surface area contributed by atoms with Gasteiger partial charge >= 0.3 is 6.18 Å². The van der Waals surface area contributed by atoms with Gasteiger partial charge in [-0.3, -0.25) is 9.59 Å². The van der Waals surface area contributed by atoms with Gasteiger partial charge in [-0.25, -0.2) is 0 Å². The normalized spacial score (nSPS) is 18.3. The number of carbonyl (C=O) groups is 2. The molecule has 33 heavy (non-hydrogen) atoms. The van der Waals surface area contributed by atoms with E-state index in [4.69, 9.17) is 9.47 Å². The molecule has 1 fully saturated rings. The molecule has 0 aliphatic carbocycles. The van der Waals surface area contributed by atoms with Gasteiger partial charge in [0.15, 0.2) is 0 Å². The molecule has 0 saturated carbocycles. The first-order valence-corrected chi connectivity index (χ1v) is 10.6. The lowest BCUT2D eigenvalue weighted by Gasteiger charge is -2.19. The Hall–Kier alpha value is -3.07. The van der Waals surface area contributed by atoms with Gasteiger partial charge in [0, 0.05) is 44.8 Å². The molecule has 9 heteroatoms. The molecule has 1 saturated heterocycles. The molecular formula is C24H27F3N2O4. The van der Waals surface area contributed by atoms with Gasteiger partial charge in [0.25, 0.3) is 5.91 Å². The summed E-state index contributed by atoms with van der Waals surface area (Å²) in [6, 6.07) is 11.5. The van der Waals surface area contributed by atoms with Gasteiger partial charge in [0.05, 0.1) is 18.6 Å². The third-order valence-corrected chi connectivity index (χ3v) is 5.75. The fourth-order valence-corrected chi connectivity index (χ4v) is 3.99. The van der Waals surface area contributed by atoms with Crippen molar-refractivity contribution in [3.63, 3.8) is 0 Å². The van der Waals surface area contributed by atoms with Crippen LogP contribution in [0.2, 0.25) is 0 Å². The molecule has 1 aliphatic rings. The molecule has 0 aromatic heterocycles. The van der Waals surface area contributed by atoms with Crippen molar-refractivity contribution < 1.29 is 32.2 Å². The maximum atomic E-state index is 13.3. The minimum atomic E-state index is -4.49. The smallest absolute Gasteiger partial charge is 0.416 e. The zero-order valence-corrected chi connectivity index (χ0v) is 18.5. The van der Waals surface area contributed by atoms with Crippen molar-refractivity contribution in [2.24, 2.45) is 5.92 Å². The number of nitrogens with one attached hydrogen (secondary N) is 1. The first kappa shape index (κ1) is 24.6. The second-order valence-corrected chi connectivity index (χ2v) is 7.91. The number of carbonyl (C=O) groups excluding carboxylic acids is 2. The van der Waals surface area contributed by atoms with Gasteiger partial charge in [-0.05, 0) is 42.3 Å². The Kier molecular flexibility index (Phi) is 7.97. The summed E-state index contributed by atoms with van der Waals surface area (Å²) in [7, 11) is 3.08. The van der Waals surface area contributed by atoms with E-state index in [1.807, 2.05) is 0 Å². The molecule has 2 aromatic rings. The van der Waals surface area contributed by atoms with E-state index in [0.29, 0.717) is 36.4 Å². The number of likely N-dealkylation sites (tertiary alicyclic amines) is 1. The van der Waals surface area contributed by atoms with Crippen molar-refractivity contribution in [2.75, 3.05) is 40.5 Å². The molecule has 0 unspecified atom stereocenters. The lowest BCUT2D eigenvalue weighted by molar-refractivity contribution is -0.137. The largest absolute Gasteiger partial charge is 0.497 e. The second-order valence-electron chi connectivity index (χ2n) is 7.91. The highest BCUT2D eigenvalue weighted by atomic mass is 19.4. The van der Waals surface area contributed by atoms with Crippen LogP contribution in [-0.2, 0) is 15.7 Å². The lowest BCUT2D eigenvalue weighted by atomic mass is 9.87. The summed E-state index contributed by atoms with van der Waals surface area (Å²) in [5, 5.41) is 2.82. The summed E-state index contributed by atoms with van der Waals surface area (Å²) in [5.74, 6) is -1.21. The van der Waals surface area contributed by atoms with Gasteiger partial charge in [-0.15, -0.1) is 0 Å². The Labute approximate surface area is 190 Å². The molecule has 2 aromatic carbocycles. The lowest BCUT2D eigenvalue weighted by Crippen LogP contribution is -2.36. The van der Waals surface area contributed by atoms with Crippen LogP contribution in [0.15, 0.2) is 48.5 Å². The average Bonchev–Trinajstić information content (AvgIpc) is 3.26. The third-order valence-electron chi connectivity index (χ3n) is 5.75. The van der Waals surface area contributed by atoms with Crippen molar-refractivity contribution in [1.29, 1.82) is 0 Å². The Morgan fingerprint density at radius 2 is 1.82 bits per heavy atom. The van der Waals surface area contributed by atoms with Crippen LogP contribution < -0.4 is 10.1 Å². The highest BCUT2D eigenvalue weighted by Crippen LogP contribution is 2.37. The Morgan fingerprint density at radius 1 is 1.09 bits per heavy atom. The molecule has 3 rings (SSSR count). The van der Waals surface area contributed by atoms with Crippen molar-refractivity contribution in [2.45, 2.75) is 18.5 Å². The number of hydrogen-bond donors (Lipinski definition) is 1. The van der Waals surface area contributed by atoms with Crippen LogP contribution in [0.3, 0.4) is 0 Å². The van der Waals surface area contributed by atoms with E-state index in [1.165, 1.54) is 18.1 Å². The van der Waals surface area contributed by atoms with Gasteiger partial charge in [0.1, 0.15) is 5.75 Å². The standard InChI is InChI=1S/C24H27F3N2O4/c1-32-12-4-11-28-22(30)21-15-29(23(31)16-7-9-19(33-2)10-8-16)14-20(21)17-5-3-6-18(13-17)24(25,26)27/h3,5-10,13,20-21H,4,11-12,14-15H2,1-2H3,(H,28,30)/t20-,21+/m1/s1. The van der Waals surface area contributed by atoms with E-state index in [9.17, 15) is 22.8 Å². The number of alkyl halides is 3. The summed E-state index contributed by atoms with van der Waals surface area (Å²) in [5.41, 5.74) is 0.0193. The molecular weight excluding hydrogens is 437 g/mol. The van der Waals surface area contributed by atoms with E-state index in [0.717, 1.165) is 12.1 Å². The van der Waals surface area contributed by atoms with Crippen molar-refractivity contribution in [3.8, 4) is 5.75 Å². The summed E-state index contributed by atoms with van der Waals surface area (Å²) >= 11 is 0. The van der Waals surface area contributed by atoms with E-state index in [-0.39, 0.29) is 24.9 Å². The van der Waals surface area contributed by atoms with E-state index in [2.05, 4.69) is 5.32 Å². The molecule has 0 bridgehead atoms. The monoisotopic (exact) mass is 464 g/mol. The molecule has 2 atom stereocenters. The SMILES string of the molecule is COCCCNC(=O)[C@H]1CN(C(=O)c2ccc(OC)cc2)C[C@@H]1c1cccc(C(F)(F)F)c1. The molecule has 1 aliphatic heterocycles. The first-order valence-electron chi connectivity index (χ1n) is 10.6. The van der Waals surface area contributed by atoms with Gasteiger partial charge in [-0.2, -0.15) is 13.2 Å². The fourth-order valence-electron chi connectivity index (χ4n) is 3.99. The van der Waals surface area contributed by atoms with Crippen molar-refractivity contribution >= 4 is 11.8 Å². The molecule has 2 amide bonds. The number of amides is 2. The zero-order chi connectivity index (χ0) is 24.0. The predicted molar refractivity (Wildman–Crippen MR) is 116 cm³/mol. The summed E-state index contributed by atoms with van der Waals surface area (Å²) in [4.78, 5) is 27.5. The van der Waals surface area contributed by atoms with E-state index >= 15 is 0 Å². The Balaban J connectivity index is 1.84. The highest BCUT2D eigenvalue weighted by Gasteiger charge is 2.41. The fraction of sp³-hybridized carbons (Fsp3) is 0.417. The van der Waals surface area contributed by atoms with E-state index in [1.54, 1.807) is 37.4 Å². The van der Waals surface area contributed by atoms with Gasteiger partial charge in [-0.1, -0.05) is 18.2 Å². The summed E-state index contributed by atoms with van der Waals surface area (Å²) in [6.45, 7) is 1.11. The zero-order valence-electron chi connectivity index (χ0n) is 18.5. The Morgan fingerprint density at radius 3 is 2.45 bits per heavy atom. The quantitative estimate of drug-likeness (QED) is 0.605. The first-order chi connectivity index (χ1) is 15.7.